The molecule has 1 aromatic carbocycles. The monoisotopic (exact) mass is 259 g/mol. The predicted molar refractivity (Wildman–Crippen MR) is 78.7 cm³/mol. The van der Waals surface area contributed by atoms with Crippen LogP contribution in [0.1, 0.15) is 62.6 Å². The molecule has 2 heteroatoms. The van der Waals surface area contributed by atoms with E-state index in [4.69, 9.17) is 4.74 Å². The van der Waals surface area contributed by atoms with E-state index < -0.39 is 0 Å². The molecule has 1 fully saturated rings. The van der Waals surface area contributed by atoms with Gasteiger partial charge < -0.3 is 10.1 Å². The highest BCUT2D eigenvalue weighted by Gasteiger charge is 2.23. The van der Waals surface area contributed by atoms with Crippen molar-refractivity contribution >= 4 is 0 Å². The summed E-state index contributed by atoms with van der Waals surface area (Å²) < 4.78 is 6.10. The molecule has 3 rings (SSSR count). The van der Waals surface area contributed by atoms with Crippen molar-refractivity contribution in [3.63, 3.8) is 0 Å². The maximum absolute atomic E-state index is 6.10. The van der Waals surface area contributed by atoms with E-state index in [2.05, 4.69) is 30.4 Å². The first-order chi connectivity index (χ1) is 9.36. The van der Waals surface area contributed by atoms with Crippen molar-refractivity contribution in [1.82, 2.24) is 5.32 Å². The zero-order valence-corrected chi connectivity index (χ0v) is 12.0. The lowest BCUT2D eigenvalue weighted by Gasteiger charge is -2.16. The van der Waals surface area contributed by atoms with Crippen LogP contribution < -0.4 is 10.1 Å². The molecule has 0 saturated heterocycles. The van der Waals surface area contributed by atoms with Gasteiger partial charge >= 0.3 is 0 Å². The van der Waals surface area contributed by atoms with Crippen LogP contribution in [-0.2, 0) is 6.42 Å². The summed E-state index contributed by atoms with van der Waals surface area (Å²) in [5.74, 6) is 1.08. The smallest absolute Gasteiger partial charge is 0.120 e. The number of benzene rings is 1. The van der Waals surface area contributed by atoms with Gasteiger partial charge in [-0.15, -0.1) is 0 Å². The topological polar surface area (TPSA) is 21.3 Å². The third-order valence-electron chi connectivity index (χ3n) is 4.44. The maximum atomic E-state index is 6.10. The van der Waals surface area contributed by atoms with Crippen LogP contribution in [0, 0.1) is 0 Å². The van der Waals surface area contributed by atoms with Gasteiger partial charge in [-0.05, 0) is 74.8 Å². The molecule has 104 valence electrons. The Hall–Kier alpha value is -1.02. The van der Waals surface area contributed by atoms with E-state index in [1.807, 2.05) is 0 Å². The molecular weight excluding hydrogens is 234 g/mol. The minimum absolute atomic E-state index is 0.466. The molecule has 0 spiro atoms. The average Bonchev–Trinajstić information content (AvgIpc) is 3.06. The first-order valence-corrected chi connectivity index (χ1v) is 7.89. The fourth-order valence-corrected chi connectivity index (χ4v) is 3.40. The molecular formula is C17H25NO. The lowest BCUT2D eigenvalue weighted by atomic mass is 10.1. The average molecular weight is 259 g/mol. The molecule has 0 amide bonds. The zero-order chi connectivity index (χ0) is 13.1. The molecule has 19 heavy (non-hydrogen) atoms. The molecule has 1 N–H and O–H groups in total. The number of rotatable bonds is 5. The Morgan fingerprint density at radius 2 is 2.05 bits per heavy atom. The summed E-state index contributed by atoms with van der Waals surface area (Å²) >= 11 is 0. The van der Waals surface area contributed by atoms with E-state index in [1.165, 1.54) is 56.1 Å². The Bertz CT molecular complexity index is 423. The van der Waals surface area contributed by atoms with Crippen molar-refractivity contribution in [3.05, 3.63) is 29.3 Å². The lowest BCUT2D eigenvalue weighted by molar-refractivity contribution is 0.210. The fraction of sp³-hybridized carbons (Fsp3) is 0.647. The number of nitrogens with one attached hydrogen (secondary N) is 1. The molecule has 0 aliphatic heterocycles. The van der Waals surface area contributed by atoms with Crippen LogP contribution >= 0.6 is 0 Å². The van der Waals surface area contributed by atoms with Gasteiger partial charge in [0.25, 0.3) is 0 Å². The van der Waals surface area contributed by atoms with Gasteiger partial charge in [0.05, 0.1) is 6.10 Å². The van der Waals surface area contributed by atoms with Gasteiger partial charge in [0.2, 0.25) is 0 Å². The van der Waals surface area contributed by atoms with Crippen LogP contribution in [0.25, 0.3) is 0 Å². The van der Waals surface area contributed by atoms with E-state index in [0.29, 0.717) is 12.1 Å². The number of aryl methyl sites for hydroxylation is 1. The number of hydrogen-bond donors (Lipinski definition) is 1. The van der Waals surface area contributed by atoms with Crippen molar-refractivity contribution in [1.29, 1.82) is 0 Å². The molecule has 2 aliphatic carbocycles. The maximum Gasteiger partial charge on any atom is 0.120 e. The van der Waals surface area contributed by atoms with Gasteiger partial charge in [0.1, 0.15) is 5.75 Å². The summed E-state index contributed by atoms with van der Waals surface area (Å²) in [5, 5.41) is 3.64. The van der Waals surface area contributed by atoms with E-state index in [0.717, 1.165) is 12.3 Å². The second-order valence-electron chi connectivity index (χ2n) is 5.93. The molecule has 0 bridgehead atoms. The summed E-state index contributed by atoms with van der Waals surface area (Å²) in [7, 11) is 0. The highest BCUT2D eigenvalue weighted by atomic mass is 16.5. The Balaban J connectivity index is 1.67. The van der Waals surface area contributed by atoms with Crippen molar-refractivity contribution in [3.8, 4) is 5.75 Å². The van der Waals surface area contributed by atoms with Gasteiger partial charge in [-0.25, -0.2) is 0 Å². The Kier molecular flexibility index (Phi) is 4.07. The molecule has 1 unspecified atom stereocenters. The largest absolute Gasteiger partial charge is 0.490 e. The number of fused-ring (bicyclic) bond motifs is 1. The van der Waals surface area contributed by atoms with E-state index in [-0.39, 0.29) is 0 Å². The van der Waals surface area contributed by atoms with Crippen LogP contribution in [-0.4, -0.2) is 12.6 Å². The summed E-state index contributed by atoms with van der Waals surface area (Å²) in [6.07, 6.45) is 9.23. The Morgan fingerprint density at radius 3 is 2.84 bits per heavy atom. The fourth-order valence-electron chi connectivity index (χ4n) is 3.40. The van der Waals surface area contributed by atoms with Crippen molar-refractivity contribution < 1.29 is 4.74 Å². The van der Waals surface area contributed by atoms with E-state index in [1.54, 1.807) is 0 Å². The van der Waals surface area contributed by atoms with Gasteiger partial charge in [-0.2, -0.15) is 0 Å². The first-order valence-electron chi connectivity index (χ1n) is 7.89. The lowest BCUT2D eigenvalue weighted by Crippen LogP contribution is -2.19. The second-order valence-corrected chi connectivity index (χ2v) is 5.93. The zero-order valence-electron chi connectivity index (χ0n) is 12.0. The molecule has 0 aromatic heterocycles. The molecule has 2 nitrogen and oxygen atoms in total. The third-order valence-corrected chi connectivity index (χ3v) is 4.44. The first kappa shape index (κ1) is 13.0. The Morgan fingerprint density at radius 1 is 1.21 bits per heavy atom. The van der Waals surface area contributed by atoms with Crippen LogP contribution in [0.4, 0.5) is 0 Å². The molecule has 0 radical (unpaired) electrons. The minimum Gasteiger partial charge on any atom is -0.490 e. The normalized spacial score (nSPS) is 22.7. The van der Waals surface area contributed by atoms with Crippen LogP contribution in [0.3, 0.4) is 0 Å². The summed E-state index contributed by atoms with van der Waals surface area (Å²) in [6, 6.07) is 7.29. The predicted octanol–water partition coefficient (Wildman–Crippen LogP) is 3.99. The number of ether oxygens (including phenoxy) is 1. The summed E-state index contributed by atoms with van der Waals surface area (Å²) in [5.41, 5.74) is 2.98. The summed E-state index contributed by atoms with van der Waals surface area (Å²) in [4.78, 5) is 0. The quantitative estimate of drug-likeness (QED) is 0.863. The van der Waals surface area contributed by atoms with Crippen molar-refractivity contribution in [2.24, 2.45) is 0 Å². The third kappa shape index (κ3) is 2.94. The second kappa shape index (κ2) is 5.96. The highest BCUT2D eigenvalue weighted by Crippen LogP contribution is 2.34. The minimum atomic E-state index is 0.466. The van der Waals surface area contributed by atoms with Crippen molar-refractivity contribution in [2.75, 3.05) is 6.54 Å². The number of hydrogen-bond acceptors (Lipinski definition) is 2. The van der Waals surface area contributed by atoms with Crippen LogP contribution in [0.5, 0.6) is 5.75 Å². The summed E-state index contributed by atoms with van der Waals surface area (Å²) in [6.45, 7) is 3.34. The van der Waals surface area contributed by atoms with Gasteiger partial charge in [-0.1, -0.05) is 13.0 Å². The van der Waals surface area contributed by atoms with E-state index in [9.17, 15) is 0 Å². The molecule has 0 heterocycles. The Labute approximate surface area is 116 Å². The van der Waals surface area contributed by atoms with Gasteiger partial charge in [-0.3, -0.25) is 0 Å². The van der Waals surface area contributed by atoms with Crippen LogP contribution in [0.2, 0.25) is 0 Å². The SMILES string of the molecule is CCCNC1CCc2cc(OC3CCCC3)ccc21. The standard InChI is InChI=1S/C17H25NO/c1-2-11-18-17-10-7-13-12-15(8-9-16(13)17)19-14-5-3-4-6-14/h8-9,12,14,17-18H,2-7,10-11H2,1H3. The van der Waals surface area contributed by atoms with Gasteiger partial charge in [0.15, 0.2) is 0 Å². The highest BCUT2D eigenvalue weighted by molar-refractivity contribution is 5.40. The van der Waals surface area contributed by atoms with Gasteiger partial charge in [0, 0.05) is 6.04 Å². The van der Waals surface area contributed by atoms with E-state index >= 15 is 0 Å². The van der Waals surface area contributed by atoms with Crippen molar-refractivity contribution in [2.45, 2.75) is 64.0 Å². The van der Waals surface area contributed by atoms with Crippen LogP contribution in [0.15, 0.2) is 18.2 Å². The molecule has 2 aliphatic rings. The molecule has 1 saturated carbocycles. The molecule has 1 atom stereocenters. The molecule has 1 aromatic rings.